The van der Waals surface area contributed by atoms with E-state index in [-0.39, 0.29) is 15.9 Å². The Bertz CT molecular complexity index is 1120. The van der Waals surface area contributed by atoms with Gasteiger partial charge in [-0.1, -0.05) is 19.1 Å². The molecular weight excluding hydrogens is 406 g/mol. The number of nitrogens with zero attached hydrogens (tertiary/aromatic N) is 1. The van der Waals surface area contributed by atoms with Crippen LogP contribution in [0.3, 0.4) is 0 Å². The second-order valence-electron chi connectivity index (χ2n) is 7.21. The molecule has 0 saturated heterocycles. The largest absolute Gasteiger partial charge is 0.418 e. The molecule has 0 radical (unpaired) electrons. The number of hydrogen-bond donors (Lipinski definition) is 2. The van der Waals surface area contributed by atoms with E-state index in [1.54, 1.807) is 0 Å². The summed E-state index contributed by atoms with van der Waals surface area (Å²) in [6, 6.07) is 5.23. The van der Waals surface area contributed by atoms with Crippen molar-refractivity contribution in [2.45, 2.75) is 32.4 Å². The number of alkyl halides is 3. The zero-order valence-corrected chi connectivity index (χ0v) is 16.2. The quantitative estimate of drug-likeness (QED) is 0.542. The highest BCUT2D eigenvalue weighted by Crippen LogP contribution is 2.46. The van der Waals surface area contributed by atoms with Crippen LogP contribution in [0.2, 0.25) is 0 Å². The van der Waals surface area contributed by atoms with Gasteiger partial charge in [0.15, 0.2) is 0 Å². The van der Waals surface area contributed by atoms with Crippen LogP contribution in [-0.4, -0.2) is 10.9 Å². The summed E-state index contributed by atoms with van der Waals surface area (Å²) in [5.41, 5.74) is 4.29. The second-order valence-corrected chi connectivity index (χ2v) is 8.29. The molecule has 0 fully saturated rings. The van der Waals surface area contributed by atoms with Crippen LogP contribution in [0.25, 0.3) is 10.2 Å². The Balaban J connectivity index is 1.93. The van der Waals surface area contributed by atoms with Gasteiger partial charge < -0.3 is 11.1 Å². The monoisotopic (exact) mass is 423 g/mol. The number of hydrogen-bond acceptors (Lipinski definition) is 4. The van der Waals surface area contributed by atoms with Crippen LogP contribution in [0.1, 0.15) is 39.7 Å². The van der Waals surface area contributed by atoms with Crippen LogP contribution in [-0.2, 0) is 19.0 Å². The number of nitrogens with two attached hydrogens (primary N) is 1. The van der Waals surface area contributed by atoms with Gasteiger partial charge in [-0.25, -0.2) is 9.37 Å². The van der Waals surface area contributed by atoms with E-state index in [4.69, 9.17) is 5.73 Å². The van der Waals surface area contributed by atoms with Gasteiger partial charge in [-0.15, -0.1) is 11.3 Å². The number of benzene rings is 1. The van der Waals surface area contributed by atoms with E-state index in [0.717, 1.165) is 17.4 Å². The molecule has 4 nitrogen and oxygen atoms in total. The summed E-state index contributed by atoms with van der Waals surface area (Å²) in [7, 11) is 0. The van der Waals surface area contributed by atoms with Gasteiger partial charge >= 0.3 is 6.18 Å². The van der Waals surface area contributed by atoms with Crippen molar-refractivity contribution in [2.24, 2.45) is 5.92 Å². The molecule has 0 bridgehead atoms. The molecule has 3 N–H and O–H groups in total. The molecule has 0 saturated carbocycles. The number of aromatic nitrogens is 1. The van der Waals surface area contributed by atoms with Gasteiger partial charge in [0.2, 0.25) is 0 Å². The number of para-hydroxylation sites is 1. The van der Waals surface area contributed by atoms with Crippen molar-refractivity contribution in [2.75, 3.05) is 11.1 Å². The number of carbonyl (C=O) groups is 1. The van der Waals surface area contributed by atoms with Crippen molar-refractivity contribution < 1.29 is 22.4 Å². The number of pyridine rings is 1. The van der Waals surface area contributed by atoms with Gasteiger partial charge in [0, 0.05) is 10.3 Å². The smallest absolute Gasteiger partial charge is 0.383 e. The first-order valence-electron chi connectivity index (χ1n) is 9.03. The highest BCUT2D eigenvalue weighted by molar-refractivity contribution is 7.18. The molecule has 4 rings (SSSR count). The Hall–Kier alpha value is -2.68. The lowest BCUT2D eigenvalue weighted by Crippen LogP contribution is -2.22. The number of nitrogens with one attached hydrogen (secondary N) is 1. The summed E-state index contributed by atoms with van der Waals surface area (Å²) in [5, 5.41) is 2.14. The number of rotatable bonds is 2. The van der Waals surface area contributed by atoms with Gasteiger partial charge in [0.25, 0.3) is 5.91 Å². The van der Waals surface area contributed by atoms with Crippen molar-refractivity contribution in [3.05, 3.63) is 51.7 Å². The van der Waals surface area contributed by atoms with E-state index < -0.39 is 34.8 Å². The summed E-state index contributed by atoms with van der Waals surface area (Å²) in [6.45, 7) is 2.05. The Morgan fingerprint density at radius 1 is 1.31 bits per heavy atom. The molecule has 1 aromatic carbocycles. The van der Waals surface area contributed by atoms with Gasteiger partial charge in [0.1, 0.15) is 16.5 Å². The predicted octanol–water partition coefficient (Wildman–Crippen LogP) is 5.41. The standard InChI is InChI=1S/C20H17F4N3OS/c1-9-6-7-10-13(8-9)29-19-14(10)16(20(22,23)24)15(17(25)27-19)18(28)26-12-5-3-2-4-11(12)21/h2-5,9H,6-8H2,1H3,(H2,25,27)(H,26,28). The average molecular weight is 423 g/mol. The number of aryl methyl sites for hydroxylation is 1. The maximum atomic E-state index is 14.1. The van der Waals surface area contributed by atoms with Crippen LogP contribution >= 0.6 is 11.3 Å². The first kappa shape index (κ1) is 19.6. The van der Waals surface area contributed by atoms with E-state index in [1.807, 2.05) is 6.92 Å². The van der Waals surface area contributed by atoms with Gasteiger partial charge in [0.05, 0.1) is 16.8 Å². The Labute approximate surface area is 167 Å². The van der Waals surface area contributed by atoms with Crippen LogP contribution in [0.15, 0.2) is 24.3 Å². The molecule has 3 aromatic rings. The van der Waals surface area contributed by atoms with Crippen molar-refractivity contribution in [1.82, 2.24) is 4.98 Å². The molecule has 1 atom stereocenters. The summed E-state index contributed by atoms with van der Waals surface area (Å²) in [6.07, 6.45) is -2.91. The lowest BCUT2D eigenvalue weighted by molar-refractivity contribution is -0.136. The van der Waals surface area contributed by atoms with Crippen LogP contribution < -0.4 is 11.1 Å². The highest BCUT2D eigenvalue weighted by Gasteiger charge is 2.41. The normalized spacial score (nSPS) is 16.7. The molecule has 9 heteroatoms. The maximum Gasteiger partial charge on any atom is 0.418 e. The van der Waals surface area contributed by atoms with Crippen molar-refractivity contribution >= 4 is 39.0 Å². The minimum absolute atomic E-state index is 0.0581. The molecule has 0 aliphatic heterocycles. The molecule has 2 aromatic heterocycles. The fourth-order valence-electron chi connectivity index (χ4n) is 3.75. The van der Waals surface area contributed by atoms with Crippen LogP contribution in [0.4, 0.5) is 29.1 Å². The molecule has 1 aliphatic carbocycles. The SMILES string of the molecule is CC1CCc2c(sc3nc(N)c(C(=O)Nc4ccccc4F)c(C(F)(F)F)c23)C1. The van der Waals surface area contributed by atoms with Crippen LogP contribution in [0, 0.1) is 11.7 Å². The van der Waals surface area contributed by atoms with E-state index in [2.05, 4.69) is 10.3 Å². The second kappa shape index (κ2) is 6.98. The summed E-state index contributed by atoms with van der Waals surface area (Å²) >= 11 is 1.19. The first-order valence-corrected chi connectivity index (χ1v) is 9.85. The van der Waals surface area contributed by atoms with Gasteiger partial charge in [-0.05, 0) is 42.9 Å². The number of thiophene rings is 1. The summed E-state index contributed by atoms with van der Waals surface area (Å²) in [4.78, 5) is 17.9. The Morgan fingerprint density at radius 2 is 2.03 bits per heavy atom. The number of nitrogen functional groups attached to an aromatic ring is 1. The fourth-order valence-corrected chi connectivity index (χ4v) is 5.15. The molecule has 0 spiro atoms. The maximum absolute atomic E-state index is 14.1. The van der Waals surface area contributed by atoms with Gasteiger partial charge in [-0.2, -0.15) is 13.2 Å². The van der Waals surface area contributed by atoms with E-state index in [1.165, 1.54) is 29.5 Å². The van der Waals surface area contributed by atoms with Gasteiger partial charge in [-0.3, -0.25) is 4.79 Å². The Kier molecular flexibility index (Phi) is 4.72. The molecule has 1 unspecified atom stereocenters. The zero-order valence-electron chi connectivity index (χ0n) is 15.4. The van der Waals surface area contributed by atoms with E-state index >= 15 is 0 Å². The summed E-state index contributed by atoms with van der Waals surface area (Å²) < 4.78 is 56.3. The van der Waals surface area contributed by atoms with Crippen molar-refractivity contribution in [3.63, 3.8) is 0 Å². The number of carbonyl (C=O) groups excluding carboxylic acids is 1. The number of anilines is 2. The molecule has 29 heavy (non-hydrogen) atoms. The van der Waals surface area contributed by atoms with Crippen molar-refractivity contribution in [1.29, 1.82) is 0 Å². The minimum atomic E-state index is -4.82. The molecule has 2 heterocycles. The Morgan fingerprint density at radius 3 is 2.72 bits per heavy atom. The third-order valence-corrected chi connectivity index (χ3v) is 6.25. The lowest BCUT2D eigenvalue weighted by atomic mass is 9.87. The number of amides is 1. The first-order chi connectivity index (χ1) is 13.7. The lowest BCUT2D eigenvalue weighted by Gasteiger charge is -2.20. The third-order valence-electron chi connectivity index (χ3n) is 5.10. The third kappa shape index (κ3) is 3.43. The topological polar surface area (TPSA) is 68.0 Å². The van der Waals surface area contributed by atoms with Crippen molar-refractivity contribution in [3.8, 4) is 0 Å². The van der Waals surface area contributed by atoms with Crippen LogP contribution in [0.5, 0.6) is 0 Å². The predicted molar refractivity (Wildman–Crippen MR) is 105 cm³/mol. The minimum Gasteiger partial charge on any atom is -0.383 e. The number of halogens is 4. The molecule has 1 amide bonds. The van der Waals surface area contributed by atoms with E-state index in [9.17, 15) is 22.4 Å². The zero-order chi connectivity index (χ0) is 20.9. The average Bonchev–Trinajstić information content (AvgIpc) is 2.97. The summed E-state index contributed by atoms with van der Waals surface area (Å²) in [5.74, 6) is -2.06. The molecule has 1 aliphatic rings. The molecular formula is C20H17F4N3OS. The number of fused-ring (bicyclic) bond motifs is 3. The fraction of sp³-hybridized carbons (Fsp3) is 0.300. The molecule has 152 valence electrons. The highest BCUT2D eigenvalue weighted by atomic mass is 32.1. The van der Waals surface area contributed by atoms with E-state index in [0.29, 0.717) is 24.3 Å².